The number of nitrogen functional groups attached to an aromatic ring is 1. The summed E-state index contributed by atoms with van der Waals surface area (Å²) in [5, 5.41) is 19.1. The summed E-state index contributed by atoms with van der Waals surface area (Å²) in [7, 11) is 0. The van der Waals surface area contributed by atoms with E-state index in [2.05, 4.69) is 10.4 Å². The average molecular weight is 398 g/mol. The van der Waals surface area contributed by atoms with E-state index in [1.165, 1.54) is 54.4 Å². The first kappa shape index (κ1) is 21.5. The number of fused-ring (bicyclic) bond motifs is 1. The Kier molecular flexibility index (Phi) is 8.50. The quantitative estimate of drug-likeness (QED) is 0.599. The van der Waals surface area contributed by atoms with E-state index in [0.29, 0.717) is 22.8 Å². The predicted molar refractivity (Wildman–Crippen MR) is 116 cm³/mol. The zero-order valence-corrected chi connectivity index (χ0v) is 17.3. The van der Waals surface area contributed by atoms with Crippen molar-refractivity contribution in [1.29, 1.82) is 5.26 Å². The predicted octanol–water partition coefficient (Wildman–Crippen LogP) is 5.47. The van der Waals surface area contributed by atoms with Crippen LogP contribution in [0.2, 0.25) is 0 Å². The summed E-state index contributed by atoms with van der Waals surface area (Å²) in [6.45, 7) is 4.00. The minimum absolute atomic E-state index is 0.330. The van der Waals surface area contributed by atoms with Crippen molar-refractivity contribution in [3.8, 4) is 6.07 Å². The van der Waals surface area contributed by atoms with Gasteiger partial charge in [-0.15, -0.1) is 11.3 Å². The van der Waals surface area contributed by atoms with Crippen LogP contribution in [0.4, 0.5) is 11.5 Å². The molecule has 0 spiro atoms. The van der Waals surface area contributed by atoms with Crippen molar-refractivity contribution in [2.75, 3.05) is 11.1 Å². The van der Waals surface area contributed by atoms with Crippen molar-refractivity contribution in [1.82, 2.24) is 9.61 Å². The van der Waals surface area contributed by atoms with Gasteiger partial charge in [-0.1, -0.05) is 52.4 Å². The Morgan fingerprint density at radius 3 is 2.32 bits per heavy atom. The van der Waals surface area contributed by atoms with Gasteiger partial charge in [0.25, 0.3) is 5.91 Å². The SMILES string of the molecule is C1CCCCC1.CC.N#Cc1cscc1NC(=O)c1ccc2ccc(N)nn12. The van der Waals surface area contributed by atoms with Crippen LogP contribution in [0.15, 0.2) is 35.0 Å². The summed E-state index contributed by atoms with van der Waals surface area (Å²) < 4.78 is 1.48. The molecule has 3 heterocycles. The molecule has 1 aliphatic carbocycles. The van der Waals surface area contributed by atoms with Crippen LogP contribution in [0, 0.1) is 11.3 Å². The minimum atomic E-state index is -0.335. The number of nitrogens with one attached hydrogen (secondary N) is 1. The molecule has 3 N–H and O–H groups in total. The third-order valence-corrected chi connectivity index (χ3v) is 5.03. The Hall–Kier alpha value is -2.85. The van der Waals surface area contributed by atoms with Gasteiger partial charge in [-0.2, -0.15) is 10.4 Å². The third-order valence-electron chi connectivity index (χ3n) is 4.29. The average Bonchev–Trinajstić information content (AvgIpc) is 3.37. The smallest absolute Gasteiger partial charge is 0.274 e. The molecule has 3 aromatic heterocycles. The second-order valence-corrected chi connectivity index (χ2v) is 6.94. The molecule has 0 saturated heterocycles. The third kappa shape index (κ3) is 5.57. The van der Waals surface area contributed by atoms with Crippen molar-refractivity contribution in [2.45, 2.75) is 52.4 Å². The van der Waals surface area contributed by atoms with E-state index >= 15 is 0 Å². The largest absolute Gasteiger partial charge is 0.382 e. The molecule has 0 bridgehead atoms. The summed E-state index contributed by atoms with van der Waals surface area (Å²) in [5.41, 5.74) is 7.71. The van der Waals surface area contributed by atoms with E-state index < -0.39 is 0 Å². The fourth-order valence-electron chi connectivity index (χ4n) is 2.90. The monoisotopic (exact) mass is 397 g/mol. The lowest BCUT2D eigenvalue weighted by Crippen LogP contribution is -2.15. The van der Waals surface area contributed by atoms with Crippen molar-refractivity contribution < 1.29 is 4.79 Å². The Morgan fingerprint density at radius 1 is 1.11 bits per heavy atom. The second-order valence-electron chi connectivity index (χ2n) is 6.20. The molecule has 1 amide bonds. The van der Waals surface area contributed by atoms with E-state index in [-0.39, 0.29) is 5.91 Å². The molecule has 0 unspecified atom stereocenters. The van der Waals surface area contributed by atoms with Crippen molar-refractivity contribution in [3.63, 3.8) is 0 Å². The van der Waals surface area contributed by atoms with E-state index in [0.717, 1.165) is 5.52 Å². The number of carbonyl (C=O) groups excluding carboxylic acids is 1. The number of nitrogens with two attached hydrogens (primary N) is 1. The van der Waals surface area contributed by atoms with Crippen molar-refractivity contribution in [3.05, 3.63) is 46.3 Å². The second kappa shape index (κ2) is 11.1. The van der Waals surface area contributed by atoms with Crippen LogP contribution in [-0.2, 0) is 0 Å². The van der Waals surface area contributed by atoms with Crippen molar-refractivity contribution >= 4 is 34.3 Å². The molecular formula is C21H27N5OS. The van der Waals surface area contributed by atoms with E-state index in [9.17, 15) is 4.79 Å². The Labute approximate surface area is 170 Å². The maximum Gasteiger partial charge on any atom is 0.274 e. The molecule has 3 aromatic rings. The van der Waals surface area contributed by atoms with Gasteiger partial charge >= 0.3 is 0 Å². The standard InChI is InChI=1S/C13H9N5OS.C6H12.C2H6/c14-5-8-6-20-7-10(8)16-13(19)11-3-1-9-2-4-12(15)17-18(9)11;1-2-4-6-5-3-1;1-2/h1-4,6-7H,(H2,15,17)(H,16,19);1-6H2;1-2H3. The van der Waals surface area contributed by atoms with Gasteiger partial charge in [-0.3, -0.25) is 4.79 Å². The lowest BCUT2D eigenvalue weighted by atomic mass is 10.0. The van der Waals surface area contributed by atoms with Crippen LogP contribution in [0.3, 0.4) is 0 Å². The molecule has 6 nitrogen and oxygen atoms in total. The number of nitriles is 1. The first-order valence-corrected chi connectivity index (χ1v) is 10.7. The van der Waals surface area contributed by atoms with E-state index in [1.54, 1.807) is 35.0 Å². The first-order valence-electron chi connectivity index (χ1n) is 9.71. The fourth-order valence-corrected chi connectivity index (χ4v) is 3.61. The molecule has 7 heteroatoms. The number of carbonyl (C=O) groups is 1. The van der Waals surface area contributed by atoms with Gasteiger partial charge in [0, 0.05) is 10.8 Å². The minimum Gasteiger partial charge on any atom is -0.382 e. The van der Waals surface area contributed by atoms with Gasteiger partial charge in [0.2, 0.25) is 0 Å². The lowest BCUT2D eigenvalue weighted by Gasteiger charge is -2.05. The number of amides is 1. The topological polar surface area (TPSA) is 96.2 Å². The maximum absolute atomic E-state index is 12.2. The van der Waals surface area contributed by atoms with Crippen LogP contribution >= 0.6 is 11.3 Å². The first-order chi connectivity index (χ1) is 13.7. The molecule has 148 valence electrons. The van der Waals surface area contributed by atoms with Crippen molar-refractivity contribution in [2.24, 2.45) is 0 Å². The summed E-state index contributed by atoms with van der Waals surface area (Å²) in [4.78, 5) is 12.2. The molecule has 28 heavy (non-hydrogen) atoms. The normalized spacial score (nSPS) is 12.8. The zero-order chi connectivity index (χ0) is 20.4. The number of anilines is 2. The Bertz CT molecular complexity index is 922. The van der Waals surface area contributed by atoms with Crippen LogP contribution < -0.4 is 11.1 Å². The summed E-state index contributed by atoms with van der Waals surface area (Å²) in [5.74, 6) is -0.00556. The summed E-state index contributed by atoms with van der Waals surface area (Å²) in [6, 6.07) is 8.92. The van der Waals surface area contributed by atoms with Gasteiger partial charge in [-0.25, -0.2) is 4.52 Å². The molecule has 1 fully saturated rings. The molecule has 0 aliphatic heterocycles. The number of aromatic nitrogens is 2. The number of hydrogen-bond acceptors (Lipinski definition) is 5. The fraction of sp³-hybridized carbons (Fsp3) is 0.381. The van der Waals surface area contributed by atoms with E-state index in [1.807, 2.05) is 19.9 Å². The molecule has 4 rings (SSSR count). The highest BCUT2D eigenvalue weighted by Crippen LogP contribution is 2.21. The van der Waals surface area contributed by atoms with Gasteiger partial charge in [0.1, 0.15) is 17.6 Å². The zero-order valence-electron chi connectivity index (χ0n) is 16.4. The van der Waals surface area contributed by atoms with Crippen LogP contribution in [0.25, 0.3) is 5.52 Å². The number of thiophene rings is 1. The maximum atomic E-state index is 12.2. The number of nitrogens with zero attached hydrogens (tertiary/aromatic N) is 3. The molecule has 1 aliphatic rings. The Balaban J connectivity index is 0.000000296. The van der Waals surface area contributed by atoms with Crippen LogP contribution in [0.1, 0.15) is 68.4 Å². The molecular weight excluding hydrogens is 370 g/mol. The lowest BCUT2D eigenvalue weighted by molar-refractivity contribution is 0.102. The highest BCUT2D eigenvalue weighted by atomic mass is 32.1. The number of rotatable bonds is 2. The molecule has 0 atom stereocenters. The van der Waals surface area contributed by atoms with Gasteiger partial charge in [0.05, 0.1) is 16.8 Å². The summed E-state index contributed by atoms with van der Waals surface area (Å²) in [6.07, 6.45) is 9.00. The van der Waals surface area contributed by atoms with Gasteiger partial charge < -0.3 is 11.1 Å². The van der Waals surface area contributed by atoms with Gasteiger partial charge in [0.15, 0.2) is 0 Å². The highest BCUT2D eigenvalue weighted by Gasteiger charge is 2.14. The molecule has 1 saturated carbocycles. The Morgan fingerprint density at radius 2 is 1.71 bits per heavy atom. The molecule has 0 radical (unpaired) electrons. The summed E-state index contributed by atoms with van der Waals surface area (Å²) >= 11 is 1.36. The van der Waals surface area contributed by atoms with Crippen LogP contribution in [0.5, 0.6) is 0 Å². The van der Waals surface area contributed by atoms with Gasteiger partial charge in [-0.05, 0) is 24.3 Å². The number of hydrogen-bond donors (Lipinski definition) is 2. The van der Waals surface area contributed by atoms with Crippen LogP contribution in [-0.4, -0.2) is 15.5 Å². The van der Waals surface area contributed by atoms with E-state index in [4.69, 9.17) is 11.0 Å². The molecule has 0 aromatic carbocycles. The highest BCUT2D eigenvalue weighted by molar-refractivity contribution is 7.08.